The molecule has 2 rings (SSSR count). The fourth-order valence-electron chi connectivity index (χ4n) is 2.64. The zero-order valence-electron chi connectivity index (χ0n) is 12.0. The molecule has 2 N–H and O–H groups in total. The Morgan fingerprint density at radius 1 is 1.22 bits per heavy atom. The summed E-state index contributed by atoms with van der Waals surface area (Å²) in [4.78, 5) is 2.55. The lowest BCUT2D eigenvalue weighted by Crippen LogP contribution is -2.48. The van der Waals surface area contributed by atoms with E-state index in [9.17, 15) is 0 Å². The maximum absolute atomic E-state index is 6.16. The summed E-state index contributed by atoms with van der Waals surface area (Å²) in [6.45, 7) is 10.0. The normalized spacial score (nSPS) is 20.0. The molecule has 0 radical (unpaired) electrons. The topological polar surface area (TPSA) is 29.3 Å². The van der Waals surface area contributed by atoms with Crippen LogP contribution >= 0.6 is 0 Å². The third-order valence-electron chi connectivity index (χ3n) is 4.20. The molecule has 0 unspecified atom stereocenters. The van der Waals surface area contributed by atoms with Gasteiger partial charge >= 0.3 is 0 Å². The van der Waals surface area contributed by atoms with Crippen LogP contribution in [-0.4, -0.2) is 30.1 Å². The number of nitrogens with zero attached hydrogens (tertiary/aromatic N) is 1. The number of hydrogen-bond donors (Lipinski definition) is 1. The fraction of sp³-hybridized carbons (Fsp3) is 0.625. The maximum Gasteiger partial charge on any atom is 0.0150 e. The molecule has 1 fully saturated rings. The van der Waals surface area contributed by atoms with E-state index < -0.39 is 0 Å². The molecule has 1 saturated heterocycles. The summed E-state index contributed by atoms with van der Waals surface area (Å²) in [5, 5.41) is 0. The van der Waals surface area contributed by atoms with Crippen LogP contribution in [0.5, 0.6) is 0 Å². The highest BCUT2D eigenvalue weighted by Gasteiger charge is 2.25. The standard InChI is InChI=1S/C16H26N2/c1-13-4-5-14(2)15(12-13)6-9-18-10-7-16(3,17)8-11-18/h4-5,12H,6-11,17H2,1-3H3. The molecule has 0 aliphatic carbocycles. The molecule has 100 valence electrons. The van der Waals surface area contributed by atoms with E-state index in [0.717, 1.165) is 32.4 Å². The van der Waals surface area contributed by atoms with E-state index in [-0.39, 0.29) is 5.54 Å². The highest BCUT2D eigenvalue weighted by molar-refractivity contribution is 5.30. The number of hydrogen-bond acceptors (Lipinski definition) is 2. The van der Waals surface area contributed by atoms with Gasteiger partial charge in [0.1, 0.15) is 0 Å². The van der Waals surface area contributed by atoms with Crippen molar-refractivity contribution in [3.63, 3.8) is 0 Å². The molecule has 1 aromatic rings. The average Bonchev–Trinajstić information content (AvgIpc) is 2.32. The second-order valence-corrected chi connectivity index (χ2v) is 6.18. The summed E-state index contributed by atoms with van der Waals surface area (Å²) in [7, 11) is 0. The van der Waals surface area contributed by atoms with E-state index in [1.165, 1.54) is 23.2 Å². The van der Waals surface area contributed by atoms with Crippen molar-refractivity contribution in [1.29, 1.82) is 0 Å². The van der Waals surface area contributed by atoms with Gasteiger partial charge in [-0.2, -0.15) is 0 Å². The Morgan fingerprint density at radius 3 is 2.56 bits per heavy atom. The van der Waals surface area contributed by atoms with Crippen molar-refractivity contribution >= 4 is 0 Å². The Kier molecular flexibility index (Phi) is 4.08. The first-order valence-electron chi connectivity index (χ1n) is 7.04. The van der Waals surface area contributed by atoms with Gasteiger partial charge in [-0.25, -0.2) is 0 Å². The zero-order chi connectivity index (χ0) is 13.2. The van der Waals surface area contributed by atoms with Gasteiger partial charge in [-0.05, 0) is 64.3 Å². The molecular formula is C16H26N2. The summed E-state index contributed by atoms with van der Waals surface area (Å²) in [5.41, 5.74) is 10.5. The monoisotopic (exact) mass is 246 g/mol. The van der Waals surface area contributed by atoms with Crippen molar-refractivity contribution in [2.75, 3.05) is 19.6 Å². The van der Waals surface area contributed by atoms with Crippen LogP contribution in [0.2, 0.25) is 0 Å². The first-order chi connectivity index (χ1) is 8.46. The number of aryl methyl sites for hydroxylation is 2. The highest BCUT2D eigenvalue weighted by atomic mass is 15.1. The Hall–Kier alpha value is -0.860. The third-order valence-corrected chi connectivity index (χ3v) is 4.20. The molecule has 1 aliphatic rings. The molecule has 1 aromatic carbocycles. The van der Waals surface area contributed by atoms with Gasteiger partial charge < -0.3 is 10.6 Å². The molecule has 18 heavy (non-hydrogen) atoms. The SMILES string of the molecule is Cc1ccc(C)c(CCN2CCC(C)(N)CC2)c1. The summed E-state index contributed by atoms with van der Waals surface area (Å²) < 4.78 is 0. The van der Waals surface area contributed by atoms with E-state index in [1.807, 2.05) is 0 Å². The van der Waals surface area contributed by atoms with Crippen LogP contribution in [0.1, 0.15) is 36.5 Å². The highest BCUT2D eigenvalue weighted by Crippen LogP contribution is 2.19. The van der Waals surface area contributed by atoms with Gasteiger partial charge in [0.25, 0.3) is 0 Å². The molecule has 2 nitrogen and oxygen atoms in total. The van der Waals surface area contributed by atoms with Crippen LogP contribution in [0.3, 0.4) is 0 Å². The molecule has 0 saturated carbocycles. The van der Waals surface area contributed by atoms with Crippen molar-refractivity contribution in [1.82, 2.24) is 4.90 Å². The van der Waals surface area contributed by atoms with Gasteiger partial charge in [0, 0.05) is 12.1 Å². The molecule has 0 bridgehead atoms. The molecule has 1 aliphatic heterocycles. The Balaban J connectivity index is 1.87. The quantitative estimate of drug-likeness (QED) is 0.888. The van der Waals surface area contributed by atoms with Gasteiger partial charge in [0.2, 0.25) is 0 Å². The molecule has 2 heteroatoms. The Morgan fingerprint density at radius 2 is 1.89 bits per heavy atom. The van der Waals surface area contributed by atoms with Crippen LogP contribution in [0, 0.1) is 13.8 Å². The fourth-order valence-corrected chi connectivity index (χ4v) is 2.64. The number of likely N-dealkylation sites (tertiary alicyclic amines) is 1. The lowest BCUT2D eigenvalue weighted by molar-refractivity contribution is 0.173. The summed E-state index contributed by atoms with van der Waals surface area (Å²) in [6.07, 6.45) is 3.41. The largest absolute Gasteiger partial charge is 0.325 e. The van der Waals surface area contributed by atoms with Crippen LogP contribution < -0.4 is 5.73 Å². The first-order valence-corrected chi connectivity index (χ1v) is 7.04. The zero-order valence-corrected chi connectivity index (χ0v) is 12.0. The Bertz CT molecular complexity index is 400. The van der Waals surface area contributed by atoms with Crippen LogP contribution in [0.15, 0.2) is 18.2 Å². The summed E-state index contributed by atoms with van der Waals surface area (Å²) in [6, 6.07) is 6.75. The van der Waals surface area contributed by atoms with Crippen molar-refractivity contribution in [2.24, 2.45) is 5.73 Å². The minimum Gasteiger partial charge on any atom is -0.325 e. The summed E-state index contributed by atoms with van der Waals surface area (Å²) in [5.74, 6) is 0. The average molecular weight is 246 g/mol. The molecule has 0 amide bonds. The number of rotatable bonds is 3. The second kappa shape index (κ2) is 5.41. The van der Waals surface area contributed by atoms with Crippen molar-refractivity contribution in [2.45, 2.75) is 45.6 Å². The number of benzene rings is 1. The second-order valence-electron chi connectivity index (χ2n) is 6.18. The number of nitrogens with two attached hydrogens (primary N) is 1. The van der Waals surface area contributed by atoms with Crippen molar-refractivity contribution in [3.8, 4) is 0 Å². The smallest absolute Gasteiger partial charge is 0.0150 e. The van der Waals surface area contributed by atoms with E-state index >= 15 is 0 Å². The third kappa shape index (κ3) is 3.56. The van der Waals surface area contributed by atoms with E-state index in [2.05, 4.69) is 43.9 Å². The van der Waals surface area contributed by atoms with Crippen LogP contribution in [0.4, 0.5) is 0 Å². The molecule has 0 atom stereocenters. The molecular weight excluding hydrogens is 220 g/mol. The van der Waals surface area contributed by atoms with Crippen molar-refractivity contribution in [3.05, 3.63) is 34.9 Å². The minimum atomic E-state index is 0.0652. The van der Waals surface area contributed by atoms with Gasteiger partial charge in [0.05, 0.1) is 0 Å². The van der Waals surface area contributed by atoms with Gasteiger partial charge in [0.15, 0.2) is 0 Å². The maximum atomic E-state index is 6.16. The van der Waals surface area contributed by atoms with Gasteiger partial charge in [-0.15, -0.1) is 0 Å². The predicted octanol–water partition coefficient (Wildman–Crippen LogP) is 2.66. The van der Waals surface area contributed by atoms with Gasteiger partial charge in [-0.1, -0.05) is 23.8 Å². The van der Waals surface area contributed by atoms with Gasteiger partial charge in [-0.3, -0.25) is 0 Å². The predicted molar refractivity (Wildman–Crippen MR) is 77.9 cm³/mol. The first kappa shape index (κ1) is 13.6. The molecule has 0 aromatic heterocycles. The van der Waals surface area contributed by atoms with Crippen LogP contribution in [-0.2, 0) is 6.42 Å². The Labute approximate surface area is 111 Å². The van der Waals surface area contributed by atoms with E-state index in [0.29, 0.717) is 0 Å². The summed E-state index contributed by atoms with van der Waals surface area (Å²) >= 11 is 0. The molecule has 1 heterocycles. The van der Waals surface area contributed by atoms with Crippen molar-refractivity contribution < 1.29 is 0 Å². The van der Waals surface area contributed by atoms with Crippen LogP contribution in [0.25, 0.3) is 0 Å². The lowest BCUT2D eigenvalue weighted by atomic mass is 9.91. The van der Waals surface area contributed by atoms with E-state index in [4.69, 9.17) is 5.73 Å². The minimum absolute atomic E-state index is 0.0652. The lowest BCUT2D eigenvalue weighted by Gasteiger charge is -2.36. The van der Waals surface area contributed by atoms with E-state index in [1.54, 1.807) is 0 Å². The molecule has 0 spiro atoms. The number of piperidine rings is 1.